The highest BCUT2D eigenvalue weighted by Crippen LogP contribution is 2.22. The maximum atomic E-state index is 10.7. The SMILES string of the molecule is CCC(=O)[C@H]1O[C@@H]1C. The highest BCUT2D eigenvalue weighted by atomic mass is 16.6. The molecule has 0 spiro atoms. The molecule has 0 unspecified atom stereocenters. The molecule has 0 bridgehead atoms. The molecule has 0 aliphatic carbocycles. The van der Waals surface area contributed by atoms with Crippen LogP contribution in [-0.2, 0) is 9.53 Å². The van der Waals surface area contributed by atoms with E-state index in [0.717, 1.165) is 0 Å². The Kier molecular flexibility index (Phi) is 1.34. The van der Waals surface area contributed by atoms with Gasteiger partial charge in [0.2, 0.25) is 0 Å². The van der Waals surface area contributed by atoms with Gasteiger partial charge in [-0.05, 0) is 6.92 Å². The molecule has 1 aliphatic rings. The van der Waals surface area contributed by atoms with Crippen molar-refractivity contribution in [1.82, 2.24) is 0 Å². The van der Waals surface area contributed by atoms with E-state index in [9.17, 15) is 4.79 Å². The minimum atomic E-state index is -0.0556. The van der Waals surface area contributed by atoms with Crippen LogP contribution in [0.5, 0.6) is 0 Å². The van der Waals surface area contributed by atoms with Crippen LogP contribution in [0.3, 0.4) is 0 Å². The van der Waals surface area contributed by atoms with Crippen molar-refractivity contribution in [1.29, 1.82) is 0 Å². The molecule has 0 saturated carbocycles. The fourth-order valence-electron chi connectivity index (χ4n) is 0.725. The molecular formula is C6H10O2. The van der Waals surface area contributed by atoms with Crippen LogP contribution in [0, 0.1) is 0 Å². The van der Waals surface area contributed by atoms with Gasteiger partial charge in [-0.25, -0.2) is 0 Å². The maximum absolute atomic E-state index is 10.7. The second-order valence-corrected chi connectivity index (χ2v) is 2.08. The number of Topliss-reactive ketones (excluding diaryl/α,β-unsaturated/α-hetero) is 1. The van der Waals surface area contributed by atoms with E-state index in [0.29, 0.717) is 6.42 Å². The van der Waals surface area contributed by atoms with Crippen molar-refractivity contribution in [2.24, 2.45) is 0 Å². The van der Waals surface area contributed by atoms with Crippen LogP contribution in [0.4, 0.5) is 0 Å². The first-order chi connectivity index (χ1) is 3.75. The van der Waals surface area contributed by atoms with Crippen LogP contribution in [0.1, 0.15) is 20.3 Å². The van der Waals surface area contributed by atoms with Gasteiger partial charge < -0.3 is 4.74 Å². The molecule has 8 heavy (non-hydrogen) atoms. The van der Waals surface area contributed by atoms with Gasteiger partial charge in [-0.3, -0.25) is 4.79 Å². The zero-order chi connectivity index (χ0) is 6.15. The molecule has 2 nitrogen and oxygen atoms in total. The van der Waals surface area contributed by atoms with Crippen molar-refractivity contribution < 1.29 is 9.53 Å². The predicted molar refractivity (Wildman–Crippen MR) is 29.6 cm³/mol. The molecular weight excluding hydrogens is 104 g/mol. The van der Waals surface area contributed by atoms with Crippen LogP contribution >= 0.6 is 0 Å². The lowest BCUT2D eigenvalue weighted by Gasteiger charge is -1.83. The van der Waals surface area contributed by atoms with Crippen molar-refractivity contribution in [2.45, 2.75) is 32.5 Å². The summed E-state index contributed by atoms with van der Waals surface area (Å²) in [6, 6.07) is 0. The summed E-state index contributed by atoms with van der Waals surface area (Å²) < 4.78 is 4.92. The van der Waals surface area contributed by atoms with E-state index < -0.39 is 0 Å². The molecule has 0 radical (unpaired) electrons. The van der Waals surface area contributed by atoms with E-state index in [2.05, 4.69) is 0 Å². The molecule has 0 aromatic heterocycles. The van der Waals surface area contributed by atoms with Gasteiger partial charge in [-0.2, -0.15) is 0 Å². The van der Waals surface area contributed by atoms with E-state index in [1.54, 1.807) is 0 Å². The van der Waals surface area contributed by atoms with E-state index in [4.69, 9.17) is 4.74 Å². The molecule has 2 heteroatoms. The predicted octanol–water partition coefficient (Wildman–Crippen LogP) is 0.753. The van der Waals surface area contributed by atoms with Crippen molar-refractivity contribution >= 4 is 5.78 Å². The van der Waals surface area contributed by atoms with Gasteiger partial charge in [0, 0.05) is 6.42 Å². The molecule has 2 atom stereocenters. The summed E-state index contributed by atoms with van der Waals surface area (Å²) in [6.07, 6.45) is 0.747. The van der Waals surface area contributed by atoms with Gasteiger partial charge in [0.05, 0.1) is 6.10 Å². The zero-order valence-electron chi connectivity index (χ0n) is 5.18. The largest absolute Gasteiger partial charge is 0.362 e. The number of epoxide rings is 1. The third kappa shape index (κ3) is 0.892. The maximum Gasteiger partial charge on any atom is 0.163 e. The molecule has 1 saturated heterocycles. The van der Waals surface area contributed by atoms with Gasteiger partial charge in [0.25, 0.3) is 0 Å². The Bertz CT molecular complexity index is 109. The second kappa shape index (κ2) is 1.86. The third-order valence-electron chi connectivity index (χ3n) is 1.38. The zero-order valence-corrected chi connectivity index (χ0v) is 5.18. The summed E-state index contributed by atoms with van der Waals surface area (Å²) in [6.45, 7) is 3.77. The third-order valence-corrected chi connectivity index (χ3v) is 1.38. The standard InChI is InChI=1S/C6H10O2/c1-3-5(7)6-4(2)8-6/h4,6H,3H2,1-2H3/t4-,6+/m1/s1. The van der Waals surface area contributed by atoms with Gasteiger partial charge in [-0.15, -0.1) is 0 Å². The molecule has 46 valence electrons. The average molecular weight is 114 g/mol. The summed E-state index contributed by atoms with van der Waals surface area (Å²) in [4.78, 5) is 10.7. The van der Waals surface area contributed by atoms with Gasteiger partial charge in [0.15, 0.2) is 5.78 Å². The van der Waals surface area contributed by atoms with E-state index in [1.807, 2.05) is 13.8 Å². The molecule has 0 aromatic carbocycles. The minimum absolute atomic E-state index is 0.0556. The van der Waals surface area contributed by atoms with Gasteiger partial charge >= 0.3 is 0 Å². The lowest BCUT2D eigenvalue weighted by atomic mass is 10.2. The summed E-state index contributed by atoms with van der Waals surface area (Å²) in [5, 5.41) is 0. The number of ketones is 1. The molecule has 1 heterocycles. The van der Waals surface area contributed by atoms with Crippen molar-refractivity contribution in [3.05, 3.63) is 0 Å². The topological polar surface area (TPSA) is 29.6 Å². The van der Waals surface area contributed by atoms with Crippen molar-refractivity contribution in [3.63, 3.8) is 0 Å². The molecule has 1 rings (SSSR count). The second-order valence-electron chi connectivity index (χ2n) is 2.08. The van der Waals surface area contributed by atoms with Crippen molar-refractivity contribution in [3.8, 4) is 0 Å². The first-order valence-electron chi connectivity index (χ1n) is 2.94. The molecule has 0 aromatic rings. The van der Waals surface area contributed by atoms with E-state index in [1.165, 1.54) is 0 Å². The number of rotatable bonds is 2. The molecule has 0 amide bonds. The number of ether oxygens (including phenoxy) is 1. The minimum Gasteiger partial charge on any atom is -0.362 e. The quantitative estimate of drug-likeness (QED) is 0.496. The van der Waals surface area contributed by atoms with Crippen molar-refractivity contribution in [2.75, 3.05) is 0 Å². The Morgan fingerprint density at radius 2 is 2.25 bits per heavy atom. The summed E-state index contributed by atoms with van der Waals surface area (Å²) in [7, 11) is 0. The Morgan fingerprint density at radius 1 is 1.75 bits per heavy atom. The van der Waals surface area contributed by atoms with Gasteiger partial charge in [-0.1, -0.05) is 6.92 Å². The lowest BCUT2D eigenvalue weighted by Crippen LogP contribution is -2.05. The number of hydrogen-bond acceptors (Lipinski definition) is 2. The molecule has 1 fully saturated rings. The lowest BCUT2D eigenvalue weighted by molar-refractivity contribution is -0.119. The number of hydrogen-bond donors (Lipinski definition) is 0. The molecule has 0 N–H and O–H groups in total. The van der Waals surface area contributed by atoms with E-state index >= 15 is 0 Å². The van der Waals surface area contributed by atoms with Gasteiger partial charge in [0.1, 0.15) is 6.10 Å². The highest BCUT2D eigenvalue weighted by Gasteiger charge is 2.39. The number of carbonyl (C=O) groups excluding carboxylic acids is 1. The first-order valence-corrected chi connectivity index (χ1v) is 2.94. The monoisotopic (exact) mass is 114 g/mol. The molecule has 1 aliphatic heterocycles. The highest BCUT2D eigenvalue weighted by molar-refractivity contribution is 5.85. The first kappa shape index (κ1) is 5.76. The van der Waals surface area contributed by atoms with Crippen LogP contribution in [-0.4, -0.2) is 18.0 Å². The Morgan fingerprint density at radius 3 is 2.38 bits per heavy atom. The summed E-state index contributed by atoms with van der Waals surface area (Å²) >= 11 is 0. The van der Waals surface area contributed by atoms with Crippen LogP contribution in [0.2, 0.25) is 0 Å². The van der Waals surface area contributed by atoms with E-state index in [-0.39, 0.29) is 18.0 Å². The average Bonchev–Trinajstić information content (AvgIpc) is 2.45. The number of carbonyl (C=O) groups is 1. The summed E-state index contributed by atoms with van der Waals surface area (Å²) in [5.41, 5.74) is 0. The van der Waals surface area contributed by atoms with Crippen LogP contribution < -0.4 is 0 Å². The summed E-state index contributed by atoms with van der Waals surface area (Å²) in [5.74, 6) is 0.234. The fourth-order valence-corrected chi connectivity index (χ4v) is 0.725. The Balaban J connectivity index is 2.28. The Labute approximate surface area is 48.8 Å². The Hall–Kier alpha value is -0.370. The van der Waals surface area contributed by atoms with Crippen LogP contribution in [0.25, 0.3) is 0 Å². The smallest absolute Gasteiger partial charge is 0.163 e. The van der Waals surface area contributed by atoms with Crippen LogP contribution in [0.15, 0.2) is 0 Å². The fraction of sp³-hybridized carbons (Fsp3) is 0.833. The normalized spacial score (nSPS) is 34.8.